The topological polar surface area (TPSA) is 49.7 Å². The summed E-state index contributed by atoms with van der Waals surface area (Å²) in [5.41, 5.74) is 0. The second-order valence-corrected chi connectivity index (χ2v) is 1.33. The third kappa shape index (κ3) is 6.01. The largest absolute Gasteiger partial charge is 0.452 e. The molecule has 0 fully saturated rings. The maximum absolute atomic E-state index is 8.34. The highest BCUT2D eigenvalue weighted by atomic mass is 16.5. The Bertz CT molecular complexity index is 40.2. The summed E-state index contributed by atoms with van der Waals surface area (Å²) in [6, 6.07) is 0. The second-order valence-electron chi connectivity index (χ2n) is 1.33. The highest BCUT2D eigenvalue weighted by Gasteiger charge is 2.09. The van der Waals surface area contributed by atoms with Crippen molar-refractivity contribution >= 4 is 14.2 Å². The Morgan fingerprint density at radius 3 is 1.43 bits per heavy atom. The molecule has 5 heteroatoms. The van der Waals surface area contributed by atoms with E-state index in [2.05, 4.69) is 4.57 Å². The van der Waals surface area contributed by atoms with Crippen LogP contribution in [-0.4, -0.2) is 24.3 Å². The molecule has 0 aromatic rings. The Balaban J connectivity index is 2.95. The van der Waals surface area contributed by atoms with Crippen molar-refractivity contribution < 1.29 is 14.6 Å². The van der Waals surface area contributed by atoms with E-state index < -0.39 is 14.2 Å². The molecule has 0 aromatic carbocycles. The second kappa shape index (κ2) is 3.07. The van der Waals surface area contributed by atoms with Crippen molar-refractivity contribution in [1.29, 1.82) is 0 Å². The third-order valence-corrected chi connectivity index (χ3v) is 0.394. The fourth-order valence-corrected chi connectivity index (χ4v) is 0.285. The molecule has 40 valence electrons. The summed E-state index contributed by atoms with van der Waals surface area (Å²) in [4.78, 5) is 0. The molecule has 7 heavy (non-hydrogen) atoms. The van der Waals surface area contributed by atoms with E-state index in [1.807, 2.05) is 0 Å². The Labute approximate surface area is 43.6 Å². The standard InChI is InChI=1S/C2H8B2O3/c1-3(5)7-4(2)6/h5-6H,1-2H3. The lowest BCUT2D eigenvalue weighted by molar-refractivity contribution is 0.367. The molecule has 0 rings (SSSR count). The van der Waals surface area contributed by atoms with E-state index in [4.69, 9.17) is 10.0 Å². The average Bonchev–Trinajstić information content (AvgIpc) is 1.27. The molecular formula is C2H8B2O3. The fraction of sp³-hybridized carbons (Fsp3) is 1.00. The maximum atomic E-state index is 8.34. The third-order valence-electron chi connectivity index (χ3n) is 0.394. The van der Waals surface area contributed by atoms with Gasteiger partial charge in [0.1, 0.15) is 0 Å². The summed E-state index contributed by atoms with van der Waals surface area (Å²) in [6.45, 7) is 2.87. The summed E-state index contributed by atoms with van der Waals surface area (Å²) >= 11 is 0. The van der Waals surface area contributed by atoms with Crippen LogP contribution in [-0.2, 0) is 4.57 Å². The van der Waals surface area contributed by atoms with Crippen LogP contribution >= 0.6 is 0 Å². The zero-order chi connectivity index (χ0) is 5.86. The van der Waals surface area contributed by atoms with E-state index in [9.17, 15) is 0 Å². The number of rotatable bonds is 2. The molecule has 0 bridgehead atoms. The van der Waals surface area contributed by atoms with Crippen LogP contribution in [0.3, 0.4) is 0 Å². The molecule has 0 atom stereocenters. The van der Waals surface area contributed by atoms with Crippen LogP contribution in [0.4, 0.5) is 0 Å². The first-order valence-corrected chi connectivity index (χ1v) is 2.14. The van der Waals surface area contributed by atoms with E-state index in [1.165, 1.54) is 13.6 Å². The van der Waals surface area contributed by atoms with Gasteiger partial charge in [-0.2, -0.15) is 0 Å². The average molecular weight is 102 g/mol. The summed E-state index contributed by atoms with van der Waals surface area (Å²) in [6.07, 6.45) is 0. The van der Waals surface area contributed by atoms with E-state index >= 15 is 0 Å². The molecule has 0 unspecified atom stereocenters. The van der Waals surface area contributed by atoms with E-state index in [0.29, 0.717) is 0 Å². The van der Waals surface area contributed by atoms with Gasteiger partial charge in [0.05, 0.1) is 0 Å². The van der Waals surface area contributed by atoms with Crippen LogP contribution in [0.2, 0.25) is 13.6 Å². The first-order chi connectivity index (χ1) is 3.13. The molecule has 0 aliphatic carbocycles. The molecule has 0 aromatic heterocycles. The Kier molecular flexibility index (Phi) is 3.07. The minimum absolute atomic E-state index is 0.875. The molecule has 2 N–H and O–H groups in total. The van der Waals surface area contributed by atoms with Crippen LogP contribution in [0.1, 0.15) is 0 Å². The predicted molar refractivity (Wildman–Crippen MR) is 28.8 cm³/mol. The minimum Gasteiger partial charge on any atom is -0.452 e. The maximum Gasteiger partial charge on any atom is 0.437 e. The molecule has 0 radical (unpaired) electrons. The lowest BCUT2D eigenvalue weighted by Gasteiger charge is -2.00. The highest BCUT2D eigenvalue weighted by molar-refractivity contribution is 6.56. The smallest absolute Gasteiger partial charge is 0.437 e. The molecule has 0 aliphatic rings. The predicted octanol–water partition coefficient (Wildman–Crippen LogP) is -0.776. The quantitative estimate of drug-likeness (QED) is 0.449. The van der Waals surface area contributed by atoms with Gasteiger partial charge in [0.2, 0.25) is 0 Å². The summed E-state index contributed by atoms with van der Waals surface area (Å²) in [7, 11) is -1.75. The van der Waals surface area contributed by atoms with E-state index in [-0.39, 0.29) is 0 Å². The zero-order valence-electron chi connectivity index (χ0n) is 4.46. The zero-order valence-corrected chi connectivity index (χ0v) is 4.46. The van der Waals surface area contributed by atoms with Gasteiger partial charge in [-0.3, -0.25) is 0 Å². The van der Waals surface area contributed by atoms with Gasteiger partial charge in [0.25, 0.3) is 0 Å². The molecule has 0 amide bonds. The van der Waals surface area contributed by atoms with Crippen molar-refractivity contribution in [1.82, 2.24) is 0 Å². The van der Waals surface area contributed by atoms with Gasteiger partial charge < -0.3 is 14.6 Å². The lowest BCUT2D eigenvalue weighted by Crippen LogP contribution is -2.23. The highest BCUT2D eigenvalue weighted by Crippen LogP contribution is 1.80. The monoisotopic (exact) mass is 102 g/mol. The normalized spacial score (nSPS) is 8.57. The van der Waals surface area contributed by atoms with Crippen LogP contribution in [0.25, 0.3) is 0 Å². The summed E-state index contributed by atoms with van der Waals surface area (Å²) in [5.74, 6) is 0. The van der Waals surface area contributed by atoms with E-state index in [1.54, 1.807) is 0 Å². The lowest BCUT2D eigenvalue weighted by atomic mass is 9.86. The van der Waals surface area contributed by atoms with Crippen LogP contribution in [0, 0.1) is 0 Å². The van der Waals surface area contributed by atoms with E-state index in [0.717, 1.165) is 0 Å². The van der Waals surface area contributed by atoms with Crippen molar-refractivity contribution in [2.75, 3.05) is 0 Å². The van der Waals surface area contributed by atoms with Gasteiger partial charge in [-0.1, -0.05) is 0 Å². The summed E-state index contributed by atoms with van der Waals surface area (Å²) in [5, 5.41) is 16.7. The first-order valence-electron chi connectivity index (χ1n) is 2.14. The molecule has 0 spiro atoms. The van der Waals surface area contributed by atoms with Gasteiger partial charge in [-0.05, 0) is 13.6 Å². The fourth-order valence-electron chi connectivity index (χ4n) is 0.285. The van der Waals surface area contributed by atoms with Crippen LogP contribution in [0.5, 0.6) is 0 Å². The number of hydrogen-bond donors (Lipinski definition) is 2. The molecule has 0 saturated heterocycles. The summed E-state index contributed by atoms with van der Waals surface area (Å²) < 4.78 is 4.36. The van der Waals surface area contributed by atoms with Crippen molar-refractivity contribution in [3.05, 3.63) is 0 Å². The van der Waals surface area contributed by atoms with Crippen molar-refractivity contribution in [3.63, 3.8) is 0 Å². The molecule has 3 nitrogen and oxygen atoms in total. The molecule has 0 aliphatic heterocycles. The van der Waals surface area contributed by atoms with Gasteiger partial charge >= 0.3 is 14.2 Å². The minimum atomic E-state index is -0.875. The Hall–Kier alpha value is 0.00987. The number of hydrogen-bond acceptors (Lipinski definition) is 3. The van der Waals surface area contributed by atoms with Crippen molar-refractivity contribution in [2.24, 2.45) is 0 Å². The Morgan fingerprint density at radius 1 is 1.14 bits per heavy atom. The first kappa shape index (κ1) is 7.01. The van der Waals surface area contributed by atoms with Gasteiger partial charge in [0.15, 0.2) is 0 Å². The Morgan fingerprint density at radius 2 is 1.43 bits per heavy atom. The van der Waals surface area contributed by atoms with Gasteiger partial charge in [0, 0.05) is 0 Å². The van der Waals surface area contributed by atoms with Crippen LogP contribution < -0.4 is 0 Å². The van der Waals surface area contributed by atoms with Gasteiger partial charge in [-0.25, -0.2) is 0 Å². The molecular weight excluding hydrogens is 93.6 g/mol. The van der Waals surface area contributed by atoms with Crippen molar-refractivity contribution in [2.45, 2.75) is 13.6 Å². The van der Waals surface area contributed by atoms with Gasteiger partial charge in [-0.15, -0.1) is 0 Å². The van der Waals surface area contributed by atoms with Crippen molar-refractivity contribution in [3.8, 4) is 0 Å². The molecule has 0 heterocycles. The SMILES string of the molecule is CB(O)OB(C)O. The van der Waals surface area contributed by atoms with Crippen LogP contribution in [0.15, 0.2) is 0 Å². The molecule has 0 saturated carbocycles.